The Balaban J connectivity index is 1.76. The molecule has 6 nitrogen and oxygen atoms in total. The van der Waals surface area contributed by atoms with E-state index in [0.717, 1.165) is 5.56 Å². The van der Waals surface area contributed by atoms with Crippen LogP contribution in [0, 0.1) is 0 Å². The van der Waals surface area contributed by atoms with Gasteiger partial charge in [0.05, 0.1) is 6.61 Å². The third-order valence-electron chi connectivity index (χ3n) is 5.59. The zero-order chi connectivity index (χ0) is 24.0. The van der Waals surface area contributed by atoms with Gasteiger partial charge in [0, 0.05) is 49.6 Å². The van der Waals surface area contributed by atoms with Crippen molar-refractivity contribution in [3.8, 4) is 28.4 Å². The van der Waals surface area contributed by atoms with Crippen LogP contribution in [0.2, 0.25) is 15.1 Å². The van der Waals surface area contributed by atoms with Crippen molar-refractivity contribution in [2.75, 3.05) is 13.4 Å². The molecule has 0 fully saturated rings. The maximum Gasteiger partial charge on any atom is 0.355 e. The monoisotopic (exact) mass is 517 g/mol. The van der Waals surface area contributed by atoms with E-state index in [1.54, 1.807) is 49.4 Å². The molecule has 0 saturated carbocycles. The molecule has 2 N–H and O–H groups in total. The summed E-state index contributed by atoms with van der Waals surface area (Å²) in [5, 5.41) is 12.8. The molecule has 0 bridgehead atoms. The molecule has 0 saturated heterocycles. The normalized spacial score (nSPS) is 12.4. The van der Waals surface area contributed by atoms with Crippen LogP contribution in [-0.4, -0.2) is 29.5 Å². The molecule has 0 unspecified atom stereocenters. The number of H-pyrrole nitrogens is 1. The molecule has 1 aliphatic rings. The summed E-state index contributed by atoms with van der Waals surface area (Å²) in [4.78, 5) is 16.0. The summed E-state index contributed by atoms with van der Waals surface area (Å²) >= 11 is 19.1. The lowest BCUT2D eigenvalue weighted by Gasteiger charge is -2.12. The lowest BCUT2D eigenvalue weighted by molar-refractivity contribution is 0.0521. The van der Waals surface area contributed by atoms with E-state index >= 15 is 0 Å². The standard InChI is InChI=1S/C25H18Cl3NO5/c1-2-32-25(31)24-22(13-5-14(26)9-15(27)6-13)23-16(19(30)4-3-18(23)29-24)7-12-8-20-21(10-17(12)28)34-11-33-20/h3-6,8-10,29-30H,2,7,11H2,1H3. The fourth-order valence-corrected chi connectivity index (χ4v) is 4.90. The van der Waals surface area contributed by atoms with Crippen LogP contribution in [0.3, 0.4) is 0 Å². The van der Waals surface area contributed by atoms with Crippen molar-refractivity contribution in [2.24, 2.45) is 0 Å². The molecule has 174 valence electrons. The number of ether oxygens (including phenoxy) is 3. The SMILES string of the molecule is CCOC(=O)c1[nH]c2ccc(O)c(Cc3cc4c(cc3Cl)OCO4)c2c1-c1cc(Cl)cc(Cl)c1. The molecular weight excluding hydrogens is 501 g/mol. The Kier molecular flexibility index (Phi) is 5.98. The average Bonchev–Trinajstić information content (AvgIpc) is 3.39. The predicted molar refractivity (Wildman–Crippen MR) is 132 cm³/mol. The minimum absolute atomic E-state index is 0.0463. The number of aromatic amines is 1. The number of hydrogen-bond donors (Lipinski definition) is 2. The quantitative estimate of drug-likeness (QED) is 0.278. The number of halogens is 3. The Morgan fingerprint density at radius 2 is 1.76 bits per heavy atom. The van der Waals surface area contributed by atoms with Gasteiger partial charge in [-0.3, -0.25) is 0 Å². The van der Waals surface area contributed by atoms with Gasteiger partial charge in [-0.1, -0.05) is 34.8 Å². The number of rotatable bonds is 5. The van der Waals surface area contributed by atoms with Crippen molar-refractivity contribution in [1.29, 1.82) is 0 Å². The molecule has 0 spiro atoms. The summed E-state index contributed by atoms with van der Waals surface area (Å²) in [6, 6.07) is 11.8. The van der Waals surface area contributed by atoms with Crippen molar-refractivity contribution >= 4 is 51.7 Å². The molecule has 3 aromatic carbocycles. The number of carbonyl (C=O) groups excluding carboxylic acids is 1. The first-order chi connectivity index (χ1) is 16.4. The highest BCUT2D eigenvalue weighted by molar-refractivity contribution is 6.35. The Morgan fingerprint density at radius 3 is 2.47 bits per heavy atom. The number of phenols is 1. The third kappa shape index (κ3) is 4.02. The molecule has 0 amide bonds. The highest BCUT2D eigenvalue weighted by Gasteiger charge is 2.25. The zero-order valence-electron chi connectivity index (χ0n) is 17.9. The maximum atomic E-state index is 12.9. The second-order valence-electron chi connectivity index (χ2n) is 7.71. The van der Waals surface area contributed by atoms with Gasteiger partial charge in [0.2, 0.25) is 6.79 Å². The van der Waals surface area contributed by atoms with Crippen molar-refractivity contribution in [2.45, 2.75) is 13.3 Å². The van der Waals surface area contributed by atoms with E-state index in [-0.39, 0.29) is 31.3 Å². The number of benzene rings is 3. The Bertz CT molecular complexity index is 1430. The van der Waals surface area contributed by atoms with E-state index in [1.165, 1.54) is 0 Å². The van der Waals surface area contributed by atoms with Gasteiger partial charge >= 0.3 is 5.97 Å². The van der Waals surface area contributed by atoms with Crippen LogP contribution in [0.15, 0.2) is 42.5 Å². The van der Waals surface area contributed by atoms with Crippen molar-refractivity contribution in [1.82, 2.24) is 4.98 Å². The fraction of sp³-hybridized carbons (Fsp3) is 0.160. The van der Waals surface area contributed by atoms with Crippen molar-refractivity contribution in [3.63, 3.8) is 0 Å². The molecule has 5 rings (SSSR count). The van der Waals surface area contributed by atoms with Gasteiger partial charge in [-0.2, -0.15) is 0 Å². The molecular formula is C25H18Cl3NO5. The minimum atomic E-state index is -0.531. The first-order valence-electron chi connectivity index (χ1n) is 10.4. The van der Waals surface area contributed by atoms with Crippen LogP contribution in [0.25, 0.3) is 22.0 Å². The van der Waals surface area contributed by atoms with Gasteiger partial charge in [-0.25, -0.2) is 4.79 Å². The van der Waals surface area contributed by atoms with Crippen LogP contribution in [0.1, 0.15) is 28.5 Å². The largest absolute Gasteiger partial charge is 0.508 e. The van der Waals surface area contributed by atoms with Gasteiger partial charge in [0.15, 0.2) is 11.5 Å². The Morgan fingerprint density at radius 1 is 1.06 bits per heavy atom. The van der Waals surface area contributed by atoms with Crippen LogP contribution in [-0.2, 0) is 11.2 Å². The summed E-state index contributed by atoms with van der Waals surface area (Å²) in [6.07, 6.45) is 0.264. The van der Waals surface area contributed by atoms with E-state index in [1.807, 2.05) is 0 Å². The molecule has 0 atom stereocenters. The predicted octanol–water partition coefficient (Wildman–Crippen LogP) is 7.00. The topological polar surface area (TPSA) is 80.8 Å². The summed E-state index contributed by atoms with van der Waals surface area (Å²) < 4.78 is 16.2. The van der Waals surface area contributed by atoms with Crippen LogP contribution >= 0.6 is 34.8 Å². The van der Waals surface area contributed by atoms with Gasteiger partial charge in [0.1, 0.15) is 11.4 Å². The lowest BCUT2D eigenvalue weighted by Crippen LogP contribution is -2.06. The Labute approximate surface area is 209 Å². The average molecular weight is 519 g/mol. The molecule has 4 aromatic rings. The maximum absolute atomic E-state index is 12.9. The summed E-state index contributed by atoms with van der Waals surface area (Å²) in [5.74, 6) is 0.659. The molecule has 1 aromatic heterocycles. The van der Waals surface area contributed by atoms with Crippen LogP contribution < -0.4 is 9.47 Å². The molecule has 9 heteroatoms. The third-order valence-corrected chi connectivity index (χ3v) is 6.38. The number of hydrogen-bond acceptors (Lipinski definition) is 5. The molecule has 2 heterocycles. The molecule has 34 heavy (non-hydrogen) atoms. The van der Waals surface area contributed by atoms with Gasteiger partial charge < -0.3 is 24.3 Å². The minimum Gasteiger partial charge on any atom is -0.508 e. The summed E-state index contributed by atoms with van der Waals surface area (Å²) in [6.45, 7) is 2.06. The smallest absolute Gasteiger partial charge is 0.355 e. The molecule has 0 radical (unpaired) electrons. The fourth-order valence-electron chi connectivity index (χ4n) is 4.16. The van der Waals surface area contributed by atoms with Gasteiger partial charge in [-0.15, -0.1) is 0 Å². The highest BCUT2D eigenvalue weighted by atomic mass is 35.5. The van der Waals surface area contributed by atoms with E-state index in [9.17, 15) is 9.90 Å². The van der Waals surface area contributed by atoms with Gasteiger partial charge in [0.25, 0.3) is 0 Å². The summed E-state index contributed by atoms with van der Waals surface area (Å²) in [5.41, 5.74) is 3.30. The number of phenolic OH excluding ortho intramolecular Hbond substituents is 1. The summed E-state index contributed by atoms with van der Waals surface area (Å²) in [7, 11) is 0. The number of esters is 1. The van der Waals surface area contributed by atoms with Crippen molar-refractivity contribution < 1.29 is 24.1 Å². The number of nitrogens with one attached hydrogen (secondary N) is 1. The molecule has 1 aliphatic heterocycles. The van der Waals surface area contributed by atoms with Gasteiger partial charge in [-0.05, 0) is 54.4 Å². The van der Waals surface area contributed by atoms with Crippen molar-refractivity contribution in [3.05, 3.63) is 74.4 Å². The molecule has 0 aliphatic carbocycles. The Hall–Kier alpha value is -3.06. The van der Waals surface area contributed by atoms with Crippen LogP contribution in [0.5, 0.6) is 17.2 Å². The van der Waals surface area contributed by atoms with E-state index in [0.29, 0.717) is 54.2 Å². The van der Waals surface area contributed by atoms with E-state index in [2.05, 4.69) is 4.98 Å². The number of carbonyl (C=O) groups is 1. The van der Waals surface area contributed by atoms with Crippen LogP contribution in [0.4, 0.5) is 0 Å². The second kappa shape index (κ2) is 8.95. The number of aromatic nitrogens is 1. The first-order valence-corrected chi connectivity index (χ1v) is 11.6. The van der Waals surface area contributed by atoms with E-state index in [4.69, 9.17) is 49.0 Å². The number of aromatic hydroxyl groups is 1. The zero-order valence-corrected chi connectivity index (χ0v) is 20.1. The van der Waals surface area contributed by atoms with E-state index < -0.39 is 5.97 Å². The second-order valence-corrected chi connectivity index (χ2v) is 8.99. The lowest BCUT2D eigenvalue weighted by atomic mass is 9.94. The first kappa shape index (κ1) is 22.7. The number of fused-ring (bicyclic) bond motifs is 2. The highest BCUT2D eigenvalue weighted by Crippen LogP contribution is 2.43.